The predicted molar refractivity (Wildman–Crippen MR) is 132 cm³/mol. The van der Waals surface area contributed by atoms with Gasteiger partial charge >= 0.3 is 6.18 Å². The number of nitrogens with zero attached hydrogens (tertiary/aromatic N) is 2. The highest BCUT2D eigenvalue weighted by molar-refractivity contribution is 6.01. The molecule has 1 N–H and O–H groups in total. The first kappa shape index (κ1) is 24.7. The largest absolute Gasteiger partial charge is 0.456 e. The van der Waals surface area contributed by atoms with E-state index in [-0.39, 0.29) is 10.9 Å². The number of aromatic nitrogens is 2. The van der Waals surface area contributed by atoms with Gasteiger partial charge in [-0.05, 0) is 61.4 Å². The number of carbonyl (C=O) groups is 1. The molecule has 4 rings (SSSR count). The molecule has 0 aliphatic heterocycles. The van der Waals surface area contributed by atoms with E-state index in [0.717, 1.165) is 23.3 Å². The van der Waals surface area contributed by atoms with E-state index in [2.05, 4.69) is 16.9 Å². The average molecular weight is 493 g/mol. The molecule has 0 spiro atoms. The second-order valence-electron chi connectivity index (χ2n) is 8.28. The van der Waals surface area contributed by atoms with Crippen LogP contribution in [0.3, 0.4) is 0 Å². The molecule has 0 bridgehead atoms. The van der Waals surface area contributed by atoms with Crippen molar-refractivity contribution < 1.29 is 22.7 Å². The van der Waals surface area contributed by atoms with E-state index in [1.54, 1.807) is 18.2 Å². The van der Waals surface area contributed by atoms with E-state index >= 15 is 0 Å². The van der Waals surface area contributed by atoms with E-state index in [0.29, 0.717) is 28.3 Å². The van der Waals surface area contributed by atoms with Crippen LogP contribution in [0.5, 0.6) is 11.5 Å². The van der Waals surface area contributed by atoms with Crippen molar-refractivity contribution in [1.82, 2.24) is 9.55 Å². The number of benzene rings is 2. The molecule has 0 saturated heterocycles. The maximum Gasteiger partial charge on any atom is 0.433 e. The summed E-state index contributed by atoms with van der Waals surface area (Å²) in [5.41, 5.74) is 0.856. The molecule has 4 aromatic rings. The van der Waals surface area contributed by atoms with Crippen molar-refractivity contribution >= 4 is 22.5 Å². The number of hydrogen-bond donors (Lipinski definition) is 1. The summed E-state index contributed by atoms with van der Waals surface area (Å²) in [5.74, 6) is 0.559. The number of alkyl halides is 3. The highest BCUT2D eigenvalue weighted by Crippen LogP contribution is 2.40. The molecule has 0 aliphatic rings. The lowest BCUT2D eigenvalue weighted by Crippen LogP contribution is -2.19. The van der Waals surface area contributed by atoms with Gasteiger partial charge in [-0.3, -0.25) is 9.59 Å². The Morgan fingerprint density at radius 1 is 1.08 bits per heavy atom. The number of para-hydroxylation sites is 1. The summed E-state index contributed by atoms with van der Waals surface area (Å²) in [7, 11) is 1.43. The van der Waals surface area contributed by atoms with Gasteiger partial charge in [0.05, 0.1) is 0 Å². The van der Waals surface area contributed by atoms with Crippen molar-refractivity contribution in [3.05, 3.63) is 94.6 Å². The second-order valence-corrected chi connectivity index (χ2v) is 8.28. The third-order valence-corrected chi connectivity index (χ3v) is 5.66. The van der Waals surface area contributed by atoms with Crippen LogP contribution in [0.25, 0.3) is 22.0 Å². The number of anilines is 1. The Balaban J connectivity index is 2.00. The van der Waals surface area contributed by atoms with Gasteiger partial charge in [0.25, 0.3) is 5.56 Å². The number of pyridine rings is 2. The Labute approximate surface area is 204 Å². The third kappa shape index (κ3) is 4.72. The van der Waals surface area contributed by atoms with Gasteiger partial charge in [0.15, 0.2) is 0 Å². The maximum absolute atomic E-state index is 13.3. The second kappa shape index (κ2) is 9.33. The van der Waals surface area contributed by atoms with E-state index in [4.69, 9.17) is 4.74 Å². The summed E-state index contributed by atoms with van der Waals surface area (Å²) < 4.78 is 47.4. The third-order valence-electron chi connectivity index (χ3n) is 5.66. The molecule has 36 heavy (non-hydrogen) atoms. The van der Waals surface area contributed by atoms with E-state index in [1.807, 2.05) is 32.0 Å². The fourth-order valence-corrected chi connectivity index (χ4v) is 3.87. The Kier molecular flexibility index (Phi) is 6.41. The minimum absolute atomic E-state index is 0.213. The molecular formula is C27H22F3N3O3. The zero-order valence-corrected chi connectivity index (χ0v) is 19.7. The van der Waals surface area contributed by atoms with Crippen LogP contribution in [-0.2, 0) is 18.0 Å². The van der Waals surface area contributed by atoms with Crippen LogP contribution in [0, 0.1) is 13.8 Å². The Bertz CT molecular complexity index is 1550. The first-order valence-corrected chi connectivity index (χ1v) is 10.9. The lowest BCUT2D eigenvalue weighted by Gasteiger charge is -2.18. The lowest BCUT2D eigenvalue weighted by atomic mass is 10.0. The number of halogens is 3. The van der Waals surface area contributed by atoms with Crippen LogP contribution in [0.4, 0.5) is 18.9 Å². The smallest absolute Gasteiger partial charge is 0.433 e. The van der Waals surface area contributed by atoms with E-state index < -0.39 is 23.3 Å². The van der Waals surface area contributed by atoms with Crippen molar-refractivity contribution in [3.8, 4) is 22.6 Å². The highest BCUT2D eigenvalue weighted by Gasteiger charge is 2.33. The fourth-order valence-electron chi connectivity index (χ4n) is 3.87. The monoisotopic (exact) mass is 493 g/mol. The number of rotatable bonds is 5. The molecular weight excluding hydrogens is 471 g/mol. The molecule has 6 nitrogen and oxygen atoms in total. The number of fused-ring (bicyclic) bond motifs is 1. The number of carbonyl (C=O) groups excluding carboxylic acids is 1. The standard InChI is InChI=1S/C27H22F3N3O3/c1-5-23(34)31-17-9-11-21(36-25-15(2)7-6-8-16(25)3)19(13-17)20-14-33(4)26(35)24-18(20)10-12-22(32-24)27(28,29)30/h5-14H,1H2,2-4H3,(H,31,34). The minimum Gasteiger partial charge on any atom is -0.456 e. The first-order valence-electron chi connectivity index (χ1n) is 10.9. The molecule has 0 aliphatic carbocycles. The number of aryl methyl sites for hydroxylation is 3. The number of amides is 1. The molecule has 2 aromatic carbocycles. The van der Waals surface area contributed by atoms with E-state index in [9.17, 15) is 22.8 Å². The Morgan fingerprint density at radius 3 is 2.42 bits per heavy atom. The van der Waals surface area contributed by atoms with Crippen molar-refractivity contribution in [2.24, 2.45) is 7.05 Å². The molecule has 2 aromatic heterocycles. The molecule has 0 atom stereocenters. The zero-order chi connectivity index (χ0) is 26.2. The van der Waals surface area contributed by atoms with Crippen LogP contribution in [-0.4, -0.2) is 15.5 Å². The molecule has 0 fully saturated rings. The van der Waals surface area contributed by atoms with Gasteiger partial charge < -0.3 is 14.6 Å². The Hall–Kier alpha value is -4.40. The topological polar surface area (TPSA) is 73.2 Å². The van der Waals surface area contributed by atoms with Gasteiger partial charge in [-0.25, -0.2) is 4.98 Å². The van der Waals surface area contributed by atoms with Crippen LogP contribution >= 0.6 is 0 Å². The van der Waals surface area contributed by atoms with Crippen molar-refractivity contribution in [1.29, 1.82) is 0 Å². The van der Waals surface area contributed by atoms with Gasteiger partial charge in [0.1, 0.15) is 22.7 Å². The molecule has 9 heteroatoms. The van der Waals surface area contributed by atoms with Gasteiger partial charge in [0.2, 0.25) is 5.91 Å². The normalized spacial score (nSPS) is 11.4. The number of hydrogen-bond acceptors (Lipinski definition) is 4. The van der Waals surface area contributed by atoms with Crippen LogP contribution in [0.1, 0.15) is 16.8 Å². The van der Waals surface area contributed by atoms with Crippen molar-refractivity contribution in [2.75, 3.05) is 5.32 Å². The van der Waals surface area contributed by atoms with Crippen molar-refractivity contribution in [2.45, 2.75) is 20.0 Å². The quantitative estimate of drug-likeness (QED) is 0.338. The van der Waals surface area contributed by atoms with Gasteiger partial charge in [0, 0.05) is 35.4 Å². The summed E-state index contributed by atoms with van der Waals surface area (Å²) in [6, 6.07) is 12.7. The number of ether oxygens (including phenoxy) is 1. The first-order chi connectivity index (χ1) is 17.0. The predicted octanol–water partition coefficient (Wildman–Crippen LogP) is 6.15. The lowest BCUT2D eigenvalue weighted by molar-refractivity contribution is -0.141. The summed E-state index contributed by atoms with van der Waals surface area (Å²) in [6.45, 7) is 7.23. The summed E-state index contributed by atoms with van der Waals surface area (Å²) >= 11 is 0. The van der Waals surface area contributed by atoms with Gasteiger partial charge in [-0.15, -0.1) is 0 Å². The van der Waals surface area contributed by atoms with Gasteiger partial charge in [-0.2, -0.15) is 13.2 Å². The average Bonchev–Trinajstić information content (AvgIpc) is 2.83. The zero-order valence-electron chi connectivity index (χ0n) is 19.7. The molecule has 184 valence electrons. The minimum atomic E-state index is -4.71. The molecule has 2 heterocycles. The molecule has 0 unspecified atom stereocenters. The SMILES string of the molecule is C=CC(=O)Nc1ccc(Oc2c(C)cccc2C)c(-c2cn(C)c(=O)c3nc(C(F)(F)F)ccc23)c1. The Morgan fingerprint density at radius 2 is 1.78 bits per heavy atom. The fraction of sp³-hybridized carbons (Fsp3) is 0.148. The van der Waals surface area contributed by atoms with Crippen molar-refractivity contribution in [3.63, 3.8) is 0 Å². The molecule has 1 amide bonds. The van der Waals surface area contributed by atoms with E-state index in [1.165, 1.54) is 23.9 Å². The molecule has 0 saturated carbocycles. The summed E-state index contributed by atoms with van der Waals surface area (Å²) in [6.07, 6.45) is -2.09. The van der Waals surface area contributed by atoms with Crippen LogP contribution in [0.2, 0.25) is 0 Å². The maximum atomic E-state index is 13.3. The summed E-state index contributed by atoms with van der Waals surface area (Å²) in [4.78, 5) is 28.3. The number of nitrogens with one attached hydrogen (secondary N) is 1. The van der Waals surface area contributed by atoms with Crippen LogP contribution in [0.15, 0.2) is 72.2 Å². The highest BCUT2D eigenvalue weighted by atomic mass is 19.4. The van der Waals surface area contributed by atoms with Gasteiger partial charge in [-0.1, -0.05) is 24.8 Å². The van der Waals surface area contributed by atoms with Crippen LogP contribution < -0.4 is 15.6 Å². The molecule has 0 radical (unpaired) electrons. The summed E-state index contributed by atoms with van der Waals surface area (Å²) in [5, 5.41) is 2.89.